The van der Waals surface area contributed by atoms with Crippen molar-refractivity contribution in [1.82, 2.24) is 19.6 Å². The van der Waals surface area contributed by atoms with Gasteiger partial charge in [0.1, 0.15) is 32.0 Å². The molecule has 0 spiro atoms. The van der Waals surface area contributed by atoms with Gasteiger partial charge in [-0.1, -0.05) is 336 Å². The Bertz CT molecular complexity index is 2360. The first-order valence-electron chi connectivity index (χ1n) is 47.8. The van der Waals surface area contributed by atoms with Crippen molar-refractivity contribution in [3.05, 3.63) is 0 Å². The summed E-state index contributed by atoms with van der Waals surface area (Å²) in [4.78, 5) is 119. The van der Waals surface area contributed by atoms with Crippen LogP contribution < -0.4 is 0 Å². The van der Waals surface area contributed by atoms with E-state index in [9.17, 15) is 68.7 Å². The number of aliphatic carboxylic acids is 5. The van der Waals surface area contributed by atoms with Crippen molar-refractivity contribution in [3.8, 4) is 0 Å². The lowest BCUT2D eigenvalue weighted by Crippen LogP contribution is -2.56. The van der Waals surface area contributed by atoms with Crippen LogP contribution in [-0.4, -0.2) is 255 Å². The van der Waals surface area contributed by atoms with Gasteiger partial charge in [0.15, 0.2) is 6.10 Å². The molecule has 698 valence electrons. The Balaban J connectivity index is 6.59. The molecular weight excluding hydrogens is 1530 g/mol. The highest BCUT2D eigenvalue weighted by Gasteiger charge is 2.39. The maximum absolute atomic E-state index is 14.3. The van der Waals surface area contributed by atoms with E-state index in [1.807, 2.05) is 11.9 Å². The second-order valence-electron chi connectivity index (χ2n) is 33.1. The minimum atomic E-state index is -1.62. The molecule has 0 aliphatic carbocycles. The topological polar surface area (TPSA) is 342 Å². The molecule has 0 aliphatic heterocycles. The number of carbonyl (C=O) groups is 9. The van der Waals surface area contributed by atoms with E-state index in [4.69, 9.17) is 37.9 Å². The van der Waals surface area contributed by atoms with Gasteiger partial charge in [0.25, 0.3) is 0 Å². The predicted molar refractivity (Wildman–Crippen MR) is 469 cm³/mol. The average molecular weight is 1700 g/mol. The van der Waals surface area contributed by atoms with Gasteiger partial charge in [-0.05, 0) is 32.7 Å². The molecule has 0 radical (unpaired) electrons. The number of carbonyl (C=O) groups excluding carboxylic acids is 4. The molecule has 26 heteroatoms. The Morgan fingerprint density at radius 1 is 0.277 bits per heavy atom. The molecule has 0 amide bonds. The van der Waals surface area contributed by atoms with Gasteiger partial charge >= 0.3 is 53.7 Å². The Kier molecular flexibility index (Phi) is 81.5. The summed E-state index contributed by atoms with van der Waals surface area (Å²) < 4.78 is 48.7. The molecule has 0 aromatic carbocycles. The van der Waals surface area contributed by atoms with Gasteiger partial charge in [0, 0.05) is 58.6 Å². The molecule has 4 unspecified atom stereocenters. The van der Waals surface area contributed by atoms with Crippen LogP contribution in [0.3, 0.4) is 0 Å². The Morgan fingerprint density at radius 2 is 0.555 bits per heavy atom. The Hall–Kier alpha value is -5.09. The van der Waals surface area contributed by atoms with E-state index < -0.39 is 92.7 Å². The standard InChI is InChI=1S/C93H174N4O22/c1-6-10-14-18-22-26-30-34-38-42-46-50-54-58-88(106)117-79-82(115-66-57-53-49-45-41-37-33-29-25-21-17-13-9-4)92(83(119-90(108)60-56-52-48-44-40-36-32-28-24-20-16-12-8-3)80-118-89(107)59-55-51-47-43-39-35-31-27-23-19-15-11-7-2)94(5)65-67-112-68-69-113-70-71-114-72-73-116-91(109)74-81(93(110)111)97(63-61-95(75-84(98)99)76-85(100)101)64-62-96(77-86(102)103)78-87(104)105/h81-83,92H,6-80H2,1-5H3,(H,98,99)(H,100,101)(H,102,103)(H,104,105)(H,110,111). The van der Waals surface area contributed by atoms with Gasteiger partial charge in [-0.25, -0.2) is 0 Å². The molecular formula is C93H174N4O22. The molecule has 0 heterocycles. The van der Waals surface area contributed by atoms with Crippen molar-refractivity contribution in [2.45, 2.75) is 412 Å². The van der Waals surface area contributed by atoms with E-state index in [0.29, 0.717) is 26.0 Å². The van der Waals surface area contributed by atoms with Crippen molar-refractivity contribution in [2.24, 2.45) is 0 Å². The van der Waals surface area contributed by atoms with Crippen molar-refractivity contribution in [2.75, 3.05) is 132 Å². The molecule has 0 aromatic rings. The molecule has 0 saturated carbocycles. The third-order valence-corrected chi connectivity index (χ3v) is 22.2. The summed E-state index contributed by atoms with van der Waals surface area (Å²) in [6.45, 7) is 5.87. The number of likely N-dealkylation sites (N-methyl/N-ethyl adjacent to an activating group) is 1. The normalized spacial score (nSPS) is 12.7. The first kappa shape index (κ1) is 114. The van der Waals surface area contributed by atoms with Crippen molar-refractivity contribution in [3.63, 3.8) is 0 Å². The molecule has 0 aromatic heterocycles. The molecule has 0 bridgehead atoms. The minimum absolute atomic E-state index is 0.0869. The molecule has 4 atom stereocenters. The van der Waals surface area contributed by atoms with Crippen molar-refractivity contribution >= 4 is 53.7 Å². The Morgan fingerprint density at radius 3 is 0.866 bits per heavy atom. The van der Waals surface area contributed by atoms with Crippen LogP contribution >= 0.6 is 0 Å². The van der Waals surface area contributed by atoms with Gasteiger partial charge in [-0.3, -0.25) is 62.8 Å². The third kappa shape index (κ3) is 76.3. The minimum Gasteiger partial charge on any atom is -0.480 e. The average Bonchev–Trinajstić information content (AvgIpc) is 0.837. The number of hydrogen-bond donors (Lipinski definition) is 5. The Labute approximate surface area is 720 Å². The smallest absolute Gasteiger partial charge is 0.321 e. The van der Waals surface area contributed by atoms with E-state index in [0.717, 1.165) is 99.7 Å². The maximum atomic E-state index is 14.3. The zero-order valence-electron chi connectivity index (χ0n) is 75.8. The van der Waals surface area contributed by atoms with E-state index in [1.54, 1.807) is 0 Å². The van der Waals surface area contributed by atoms with E-state index >= 15 is 0 Å². The van der Waals surface area contributed by atoms with Gasteiger partial charge in [0.05, 0.1) is 78.3 Å². The predicted octanol–water partition coefficient (Wildman–Crippen LogP) is 18.9. The fourth-order valence-electron chi connectivity index (χ4n) is 15.1. The largest absolute Gasteiger partial charge is 0.480 e. The van der Waals surface area contributed by atoms with Crippen LogP contribution in [-0.2, 0) is 81.0 Å². The van der Waals surface area contributed by atoms with E-state index in [1.165, 1.54) is 236 Å². The lowest BCUT2D eigenvalue weighted by Gasteiger charge is -2.38. The molecule has 0 fully saturated rings. The number of carboxylic acids is 5. The molecule has 0 rings (SSSR count). The first-order valence-corrected chi connectivity index (χ1v) is 47.8. The quantitative estimate of drug-likeness (QED) is 0.0214. The van der Waals surface area contributed by atoms with Crippen LogP contribution in [0, 0.1) is 0 Å². The second-order valence-corrected chi connectivity index (χ2v) is 33.1. The SMILES string of the molecule is CCCCCCCCCCCCCCCOC(COC(=O)CCCCCCCCCCCCCCC)C(C(COC(=O)CCCCCCCCCCCCCCC)OC(=O)CCCCCCCCCCCCCCC)N(C)CCOCCOCCOCCOC(=O)CC(C(=O)O)N(CCN(CC(=O)O)CC(=O)O)CCN(CC(=O)O)CC(=O)O. The van der Waals surface area contributed by atoms with Crippen LogP contribution in [0.5, 0.6) is 0 Å². The monoisotopic (exact) mass is 1700 g/mol. The lowest BCUT2D eigenvalue weighted by atomic mass is 10.0. The van der Waals surface area contributed by atoms with Gasteiger partial charge in [-0.2, -0.15) is 0 Å². The summed E-state index contributed by atoms with van der Waals surface area (Å²) in [5, 5.41) is 47.8. The van der Waals surface area contributed by atoms with E-state index in [-0.39, 0.29) is 123 Å². The number of nitrogens with zero attached hydrogens (tertiary/aromatic N) is 4. The van der Waals surface area contributed by atoms with Crippen LogP contribution in [0.4, 0.5) is 0 Å². The fraction of sp³-hybridized carbons (Fsp3) is 0.903. The van der Waals surface area contributed by atoms with Crippen LogP contribution in [0.15, 0.2) is 0 Å². The highest BCUT2D eigenvalue weighted by molar-refractivity contribution is 5.81. The molecule has 5 N–H and O–H groups in total. The number of unbranched alkanes of at least 4 members (excludes halogenated alkanes) is 48. The highest BCUT2D eigenvalue weighted by atomic mass is 16.6. The molecule has 0 aliphatic rings. The third-order valence-electron chi connectivity index (χ3n) is 22.2. The summed E-state index contributed by atoms with van der Waals surface area (Å²) >= 11 is 0. The summed E-state index contributed by atoms with van der Waals surface area (Å²) in [7, 11) is 1.90. The summed E-state index contributed by atoms with van der Waals surface area (Å²) in [5.74, 6) is -8.88. The van der Waals surface area contributed by atoms with Gasteiger partial charge < -0.3 is 63.4 Å². The second kappa shape index (κ2) is 85.1. The van der Waals surface area contributed by atoms with E-state index in [2.05, 4.69) is 27.7 Å². The number of hydrogen-bond acceptors (Lipinski definition) is 21. The van der Waals surface area contributed by atoms with Crippen LogP contribution in [0.2, 0.25) is 0 Å². The number of esters is 4. The first-order chi connectivity index (χ1) is 57.8. The van der Waals surface area contributed by atoms with Crippen molar-refractivity contribution < 1.29 is 107 Å². The number of carboxylic acid groups (broad SMARTS) is 5. The molecule has 0 saturated heterocycles. The van der Waals surface area contributed by atoms with Crippen molar-refractivity contribution in [1.29, 1.82) is 0 Å². The zero-order chi connectivity index (χ0) is 87.5. The lowest BCUT2D eigenvalue weighted by molar-refractivity contribution is -0.173. The molecule has 119 heavy (non-hydrogen) atoms. The van der Waals surface area contributed by atoms with Crippen LogP contribution in [0.25, 0.3) is 0 Å². The highest BCUT2D eigenvalue weighted by Crippen LogP contribution is 2.23. The van der Waals surface area contributed by atoms with Gasteiger partial charge in [-0.15, -0.1) is 0 Å². The number of rotatable bonds is 95. The summed E-state index contributed by atoms with van der Waals surface area (Å²) in [5.41, 5.74) is 0. The summed E-state index contributed by atoms with van der Waals surface area (Å²) in [6.07, 6.45) is 59.7. The van der Waals surface area contributed by atoms with Gasteiger partial charge in [0.2, 0.25) is 0 Å². The van der Waals surface area contributed by atoms with Crippen LogP contribution in [0.1, 0.15) is 387 Å². The fourth-order valence-corrected chi connectivity index (χ4v) is 15.1. The number of ether oxygens (including phenoxy) is 8. The maximum Gasteiger partial charge on any atom is 0.321 e. The zero-order valence-corrected chi connectivity index (χ0v) is 75.8. The molecule has 26 nitrogen and oxygen atoms in total. The summed E-state index contributed by atoms with van der Waals surface area (Å²) in [6, 6.07) is -2.35.